The number of fused-ring (bicyclic) bond motifs is 4. The van der Waals surface area contributed by atoms with Crippen LogP contribution in [0, 0.1) is 5.92 Å². The summed E-state index contributed by atoms with van der Waals surface area (Å²) in [7, 11) is -0.846. The van der Waals surface area contributed by atoms with Crippen LogP contribution in [0.2, 0.25) is 0 Å². The molecule has 1 aliphatic heterocycles. The second kappa shape index (κ2) is 18.2. The number of carbonyl (C=O) groups excluding carboxylic acids is 3. The average Bonchev–Trinajstić information content (AvgIpc) is 3.11. The maximum Gasteiger partial charge on any atom is 0.251 e. The minimum Gasteiger partial charge on any atom is -0.491 e. The van der Waals surface area contributed by atoms with Crippen LogP contribution in [-0.2, 0) is 43.7 Å². The molecule has 4 bridgehead atoms. The van der Waals surface area contributed by atoms with Crippen LogP contribution in [-0.4, -0.2) is 82.6 Å². The van der Waals surface area contributed by atoms with Gasteiger partial charge in [-0.1, -0.05) is 56.3 Å². The molecular weight excluding hydrogens is 673 g/mol. The first kappa shape index (κ1) is 39.3. The van der Waals surface area contributed by atoms with E-state index >= 15 is 0 Å². The van der Waals surface area contributed by atoms with Gasteiger partial charge in [0, 0.05) is 32.7 Å². The fourth-order valence-electron chi connectivity index (χ4n) is 5.83. The first-order valence-corrected chi connectivity index (χ1v) is 19.0. The molecule has 4 N–H and O–H groups in total. The van der Waals surface area contributed by atoms with Crippen LogP contribution in [0.3, 0.4) is 0 Å². The van der Waals surface area contributed by atoms with Gasteiger partial charge in [-0.15, -0.1) is 0 Å². The average molecular weight is 723 g/mol. The van der Waals surface area contributed by atoms with Crippen LogP contribution in [0.5, 0.6) is 5.75 Å². The zero-order valence-corrected chi connectivity index (χ0v) is 30.7. The van der Waals surface area contributed by atoms with Gasteiger partial charge in [-0.05, 0) is 78.6 Å². The van der Waals surface area contributed by atoms with E-state index in [0.29, 0.717) is 24.4 Å². The second-order valence-corrected chi connectivity index (χ2v) is 15.3. The third-order valence-corrected chi connectivity index (χ3v) is 10.2. The lowest BCUT2D eigenvalue weighted by Gasteiger charge is -2.28. The number of aliphatic hydroxyl groups excluding tert-OH is 1. The highest BCUT2D eigenvalue weighted by Crippen LogP contribution is 2.24. The largest absolute Gasteiger partial charge is 0.491 e. The number of amides is 3. The molecule has 0 aromatic heterocycles. The maximum absolute atomic E-state index is 13.8. The van der Waals surface area contributed by atoms with E-state index < -0.39 is 46.1 Å². The number of anilines is 1. The van der Waals surface area contributed by atoms with Crippen LogP contribution < -0.4 is 25.0 Å². The zero-order chi connectivity index (χ0) is 37.1. The molecule has 0 radical (unpaired) electrons. The molecule has 1 aliphatic rings. The Morgan fingerprint density at radius 1 is 1.00 bits per heavy atom. The Morgan fingerprint density at radius 3 is 2.37 bits per heavy atom. The van der Waals surface area contributed by atoms with Crippen LogP contribution in [0.25, 0.3) is 0 Å². The molecule has 0 saturated carbocycles. The summed E-state index contributed by atoms with van der Waals surface area (Å²) >= 11 is 0. The number of carbonyl (C=O) groups is 3. The SMILES string of the molecule is CO[C@H](C[C@H](O)[C@@H]1COc2cccc(c2)CCCCc2cc(cc(N(C)S(C)(=O)=O)c2)C(=O)N1)C(=O)N[C@H](C(=O)NCc1ccccc1)C(C)C. The molecule has 0 aliphatic carbocycles. The van der Waals surface area contributed by atoms with Gasteiger partial charge in [-0.2, -0.15) is 0 Å². The summed E-state index contributed by atoms with van der Waals surface area (Å²) in [5.74, 6) is -1.19. The van der Waals surface area contributed by atoms with Gasteiger partial charge in [0.15, 0.2) is 0 Å². The third-order valence-electron chi connectivity index (χ3n) is 8.98. The first-order valence-electron chi connectivity index (χ1n) is 17.2. The quantitative estimate of drug-likeness (QED) is 0.221. The highest BCUT2D eigenvalue weighted by atomic mass is 32.2. The van der Waals surface area contributed by atoms with Gasteiger partial charge >= 0.3 is 0 Å². The van der Waals surface area contributed by atoms with Gasteiger partial charge in [0.1, 0.15) is 24.5 Å². The van der Waals surface area contributed by atoms with E-state index in [9.17, 15) is 27.9 Å². The Hall–Kier alpha value is -4.46. The van der Waals surface area contributed by atoms with Gasteiger partial charge in [-0.3, -0.25) is 18.7 Å². The van der Waals surface area contributed by atoms with E-state index in [4.69, 9.17) is 9.47 Å². The highest BCUT2D eigenvalue weighted by Gasteiger charge is 2.32. The molecule has 3 amide bonds. The normalized spacial score (nSPS) is 17.1. The fraction of sp³-hybridized carbons (Fsp3) is 0.447. The molecule has 276 valence electrons. The molecule has 3 aromatic rings. The topological polar surface area (TPSA) is 163 Å². The van der Waals surface area contributed by atoms with E-state index in [1.165, 1.54) is 20.2 Å². The van der Waals surface area contributed by atoms with Crippen molar-refractivity contribution in [1.29, 1.82) is 0 Å². The van der Waals surface area contributed by atoms with Crippen molar-refractivity contribution in [3.63, 3.8) is 0 Å². The van der Waals surface area contributed by atoms with Crippen molar-refractivity contribution in [2.75, 3.05) is 31.3 Å². The molecule has 0 spiro atoms. The number of ether oxygens (including phenoxy) is 2. The standard InChI is InChI=1S/C38H50N4O8S/c1-25(2)35(38(46)39-23-27-13-7-6-8-14-27)41-37(45)34(49-4)22-33(43)32-24-50-31-17-11-16-26(20-31)12-9-10-15-28-18-29(36(44)40-32)21-30(19-28)42(3)51(5,47)48/h6-8,11,13-14,16-21,25,32-35,43H,9-10,12,15,22-24H2,1-5H3,(H,39,46)(H,40,44)(H,41,45)/t32-,33-,34+,35-/m0/s1. The minimum atomic E-state index is -3.61. The van der Waals surface area contributed by atoms with Crippen molar-refractivity contribution in [3.05, 3.63) is 95.1 Å². The number of hydrogen-bond acceptors (Lipinski definition) is 8. The lowest BCUT2D eigenvalue weighted by atomic mass is 10.00. The van der Waals surface area contributed by atoms with Gasteiger partial charge in [0.2, 0.25) is 21.8 Å². The molecule has 4 rings (SSSR count). The molecule has 51 heavy (non-hydrogen) atoms. The van der Waals surface area contributed by atoms with Crippen molar-refractivity contribution < 1.29 is 37.4 Å². The van der Waals surface area contributed by atoms with E-state index in [0.717, 1.165) is 46.5 Å². The van der Waals surface area contributed by atoms with E-state index in [1.54, 1.807) is 18.2 Å². The smallest absolute Gasteiger partial charge is 0.251 e. The van der Waals surface area contributed by atoms with E-state index in [-0.39, 0.29) is 30.4 Å². The number of rotatable bonds is 12. The predicted octanol–water partition coefficient (Wildman–Crippen LogP) is 3.36. The monoisotopic (exact) mass is 722 g/mol. The van der Waals surface area contributed by atoms with E-state index in [2.05, 4.69) is 16.0 Å². The summed E-state index contributed by atoms with van der Waals surface area (Å²) in [6, 6.07) is 20.1. The Bertz CT molecular complexity index is 1750. The number of nitrogens with one attached hydrogen (secondary N) is 3. The Labute approximate surface area is 301 Å². The summed E-state index contributed by atoms with van der Waals surface area (Å²) in [6.07, 6.45) is 1.47. The molecule has 12 nitrogen and oxygen atoms in total. The van der Waals surface area contributed by atoms with Crippen molar-refractivity contribution in [2.45, 2.75) is 76.8 Å². The number of benzene rings is 3. The highest BCUT2D eigenvalue weighted by molar-refractivity contribution is 7.92. The second-order valence-electron chi connectivity index (χ2n) is 13.3. The van der Waals surface area contributed by atoms with E-state index in [1.807, 2.05) is 62.4 Å². The van der Waals surface area contributed by atoms with Crippen LogP contribution >= 0.6 is 0 Å². The summed E-state index contributed by atoms with van der Waals surface area (Å²) in [5.41, 5.74) is 3.34. The molecule has 13 heteroatoms. The summed E-state index contributed by atoms with van der Waals surface area (Å²) in [6.45, 7) is 3.79. The summed E-state index contributed by atoms with van der Waals surface area (Å²) < 4.78 is 37.5. The molecule has 3 aromatic carbocycles. The molecule has 0 unspecified atom stereocenters. The number of nitrogens with zero attached hydrogens (tertiary/aromatic N) is 1. The van der Waals surface area contributed by atoms with Crippen molar-refractivity contribution in [2.24, 2.45) is 5.92 Å². The molecule has 4 atom stereocenters. The maximum atomic E-state index is 13.8. The number of aliphatic hydroxyl groups is 1. The Kier molecular flexibility index (Phi) is 14.0. The minimum absolute atomic E-state index is 0.138. The first-order chi connectivity index (χ1) is 24.2. The molecule has 1 heterocycles. The Balaban J connectivity index is 1.55. The van der Waals surface area contributed by atoms with Crippen LogP contribution in [0.1, 0.15) is 60.2 Å². The zero-order valence-electron chi connectivity index (χ0n) is 29.9. The number of sulfonamides is 1. The summed E-state index contributed by atoms with van der Waals surface area (Å²) in [5, 5.41) is 20.0. The lowest BCUT2D eigenvalue weighted by Crippen LogP contribution is -2.54. The van der Waals surface area contributed by atoms with Crippen molar-refractivity contribution >= 4 is 33.4 Å². The lowest BCUT2D eigenvalue weighted by molar-refractivity contribution is -0.137. The third kappa shape index (κ3) is 11.5. The van der Waals surface area contributed by atoms with Crippen molar-refractivity contribution in [1.82, 2.24) is 16.0 Å². The van der Waals surface area contributed by atoms with Crippen LogP contribution in [0.15, 0.2) is 72.8 Å². The fourth-order valence-corrected chi connectivity index (χ4v) is 6.32. The van der Waals surface area contributed by atoms with Gasteiger partial charge in [-0.25, -0.2) is 8.42 Å². The van der Waals surface area contributed by atoms with Gasteiger partial charge in [0.25, 0.3) is 5.91 Å². The molecule has 0 saturated heterocycles. The van der Waals surface area contributed by atoms with Gasteiger partial charge in [0.05, 0.1) is 24.1 Å². The molecule has 0 fully saturated rings. The van der Waals surface area contributed by atoms with Crippen molar-refractivity contribution in [3.8, 4) is 5.75 Å². The van der Waals surface area contributed by atoms with Crippen LogP contribution in [0.4, 0.5) is 5.69 Å². The summed E-state index contributed by atoms with van der Waals surface area (Å²) in [4.78, 5) is 40.4. The number of hydrogen-bond donors (Lipinski definition) is 4. The predicted molar refractivity (Wildman–Crippen MR) is 196 cm³/mol. The molecular formula is C38H50N4O8S. The number of aryl methyl sites for hydroxylation is 2. The number of methoxy groups -OCH3 is 1. The van der Waals surface area contributed by atoms with Gasteiger partial charge < -0.3 is 30.5 Å². The Morgan fingerprint density at radius 2 is 1.71 bits per heavy atom.